The first-order valence-electron chi connectivity index (χ1n) is 10.4. The maximum Gasteiger partial charge on any atom is 0.257 e. The Hall–Kier alpha value is -3.62. The zero-order valence-electron chi connectivity index (χ0n) is 17.4. The van der Waals surface area contributed by atoms with E-state index in [1.807, 2.05) is 30.1 Å². The number of rotatable bonds is 3. The molecule has 0 unspecified atom stereocenters. The van der Waals surface area contributed by atoms with Crippen LogP contribution in [0.4, 0.5) is 5.95 Å². The van der Waals surface area contributed by atoms with Crippen molar-refractivity contribution in [1.29, 1.82) is 0 Å². The molecule has 0 atom stereocenters. The number of amides is 1. The van der Waals surface area contributed by atoms with Crippen molar-refractivity contribution in [3.8, 4) is 22.8 Å². The number of hydrogen-bond acceptors (Lipinski definition) is 7. The molecule has 0 bridgehead atoms. The number of benzene rings is 1. The summed E-state index contributed by atoms with van der Waals surface area (Å²) < 4.78 is 13.2. The van der Waals surface area contributed by atoms with Crippen LogP contribution in [0.5, 0.6) is 11.5 Å². The van der Waals surface area contributed by atoms with Gasteiger partial charge in [0, 0.05) is 63.8 Å². The first kappa shape index (κ1) is 19.3. The first-order valence-corrected chi connectivity index (χ1v) is 10.4. The SMILES string of the molecule is Cn1cc(C(=O)N2CCN(c3ncccn3)CC2)c(-c2ccc3c(c2)OCCCO3)n1. The number of nitrogens with zero attached hydrogens (tertiary/aromatic N) is 6. The Kier molecular flexibility index (Phi) is 5.15. The molecular formula is C22H24N6O3. The zero-order chi connectivity index (χ0) is 21.2. The van der Waals surface area contributed by atoms with Gasteiger partial charge >= 0.3 is 0 Å². The predicted octanol–water partition coefficient (Wildman–Crippen LogP) is 2.00. The number of anilines is 1. The van der Waals surface area contributed by atoms with Crippen molar-refractivity contribution in [2.75, 3.05) is 44.3 Å². The molecule has 2 aliphatic rings. The number of aromatic nitrogens is 4. The number of carbonyl (C=O) groups excluding carboxylic acids is 1. The number of hydrogen-bond donors (Lipinski definition) is 0. The van der Waals surface area contributed by atoms with Gasteiger partial charge in [-0.3, -0.25) is 9.48 Å². The molecule has 1 fully saturated rings. The van der Waals surface area contributed by atoms with Crippen LogP contribution in [-0.4, -0.2) is 69.9 Å². The Balaban J connectivity index is 1.36. The number of aryl methyl sites for hydroxylation is 1. The van der Waals surface area contributed by atoms with Crippen LogP contribution in [0.1, 0.15) is 16.8 Å². The van der Waals surface area contributed by atoms with E-state index < -0.39 is 0 Å². The average Bonchev–Trinajstić information content (AvgIpc) is 3.05. The minimum Gasteiger partial charge on any atom is -0.490 e. The fourth-order valence-corrected chi connectivity index (χ4v) is 3.90. The summed E-state index contributed by atoms with van der Waals surface area (Å²) in [6.07, 6.45) is 6.10. The van der Waals surface area contributed by atoms with Crippen molar-refractivity contribution in [3.63, 3.8) is 0 Å². The van der Waals surface area contributed by atoms with Crippen molar-refractivity contribution in [3.05, 3.63) is 48.4 Å². The zero-order valence-corrected chi connectivity index (χ0v) is 17.4. The number of ether oxygens (including phenoxy) is 2. The second kappa shape index (κ2) is 8.25. The molecule has 4 heterocycles. The van der Waals surface area contributed by atoms with E-state index in [1.165, 1.54) is 0 Å². The molecule has 5 rings (SSSR count). The summed E-state index contributed by atoms with van der Waals surface area (Å²) >= 11 is 0. The summed E-state index contributed by atoms with van der Waals surface area (Å²) in [6, 6.07) is 7.52. The molecule has 1 saturated heterocycles. The number of piperazine rings is 1. The molecule has 31 heavy (non-hydrogen) atoms. The lowest BCUT2D eigenvalue weighted by molar-refractivity contribution is 0.0747. The van der Waals surface area contributed by atoms with Crippen LogP contribution in [0.15, 0.2) is 42.9 Å². The molecule has 9 nitrogen and oxygen atoms in total. The Labute approximate surface area is 180 Å². The summed E-state index contributed by atoms with van der Waals surface area (Å²) in [4.78, 5) is 25.9. The smallest absolute Gasteiger partial charge is 0.257 e. The van der Waals surface area contributed by atoms with Crippen molar-refractivity contribution in [2.24, 2.45) is 7.05 Å². The lowest BCUT2D eigenvalue weighted by Gasteiger charge is -2.34. The van der Waals surface area contributed by atoms with Crippen molar-refractivity contribution < 1.29 is 14.3 Å². The van der Waals surface area contributed by atoms with E-state index in [4.69, 9.17) is 9.47 Å². The molecule has 0 aliphatic carbocycles. The molecule has 3 aromatic rings. The fourth-order valence-electron chi connectivity index (χ4n) is 3.90. The van der Waals surface area contributed by atoms with Crippen LogP contribution >= 0.6 is 0 Å². The normalized spacial score (nSPS) is 16.2. The highest BCUT2D eigenvalue weighted by molar-refractivity contribution is 6.00. The fraction of sp³-hybridized carbons (Fsp3) is 0.364. The van der Waals surface area contributed by atoms with E-state index in [0.717, 1.165) is 17.7 Å². The molecular weight excluding hydrogens is 396 g/mol. The minimum atomic E-state index is -0.0242. The molecule has 2 aromatic heterocycles. The molecule has 0 saturated carbocycles. The average molecular weight is 420 g/mol. The van der Waals surface area contributed by atoms with Crippen LogP contribution in [0, 0.1) is 0 Å². The molecule has 1 aromatic carbocycles. The van der Waals surface area contributed by atoms with E-state index in [-0.39, 0.29) is 5.91 Å². The largest absolute Gasteiger partial charge is 0.490 e. The van der Waals surface area contributed by atoms with Gasteiger partial charge in [0.1, 0.15) is 5.69 Å². The van der Waals surface area contributed by atoms with Gasteiger partial charge in [-0.15, -0.1) is 0 Å². The van der Waals surface area contributed by atoms with Crippen LogP contribution in [-0.2, 0) is 7.05 Å². The molecule has 160 valence electrons. The third-order valence-corrected chi connectivity index (χ3v) is 5.48. The van der Waals surface area contributed by atoms with Crippen molar-refractivity contribution in [1.82, 2.24) is 24.6 Å². The molecule has 2 aliphatic heterocycles. The van der Waals surface area contributed by atoms with E-state index in [0.29, 0.717) is 62.3 Å². The van der Waals surface area contributed by atoms with Crippen LogP contribution in [0.25, 0.3) is 11.3 Å². The van der Waals surface area contributed by atoms with E-state index in [2.05, 4.69) is 20.0 Å². The highest BCUT2D eigenvalue weighted by Crippen LogP contribution is 2.35. The van der Waals surface area contributed by atoms with Gasteiger partial charge < -0.3 is 19.3 Å². The Morgan fingerprint density at radius 3 is 2.52 bits per heavy atom. The predicted molar refractivity (Wildman–Crippen MR) is 114 cm³/mol. The van der Waals surface area contributed by atoms with Gasteiger partial charge in [0.2, 0.25) is 5.95 Å². The molecule has 0 N–H and O–H groups in total. The standard InChI is InChI=1S/C22H24N6O3/c1-26-15-17(20(25-26)16-4-5-18-19(14-16)31-13-3-12-30-18)21(29)27-8-10-28(11-9-27)22-23-6-2-7-24-22/h2,4-7,14-15H,3,8-13H2,1H3. The van der Waals surface area contributed by atoms with Crippen LogP contribution < -0.4 is 14.4 Å². The van der Waals surface area contributed by atoms with E-state index in [1.54, 1.807) is 29.3 Å². The maximum atomic E-state index is 13.4. The van der Waals surface area contributed by atoms with Gasteiger partial charge in [-0.1, -0.05) is 0 Å². The summed E-state index contributed by atoms with van der Waals surface area (Å²) in [5.41, 5.74) is 2.07. The molecule has 1 amide bonds. The Morgan fingerprint density at radius 1 is 1.00 bits per heavy atom. The summed E-state index contributed by atoms with van der Waals surface area (Å²) in [5, 5.41) is 4.57. The molecule has 9 heteroatoms. The Morgan fingerprint density at radius 2 is 1.74 bits per heavy atom. The topological polar surface area (TPSA) is 85.6 Å². The monoisotopic (exact) mass is 420 g/mol. The lowest BCUT2D eigenvalue weighted by Crippen LogP contribution is -2.49. The third kappa shape index (κ3) is 3.90. The van der Waals surface area contributed by atoms with Gasteiger partial charge in [-0.25, -0.2) is 9.97 Å². The number of fused-ring (bicyclic) bond motifs is 1. The minimum absolute atomic E-state index is 0.0242. The van der Waals surface area contributed by atoms with Crippen LogP contribution in [0.2, 0.25) is 0 Å². The highest BCUT2D eigenvalue weighted by Gasteiger charge is 2.27. The van der Waals surface area contributed by atoms with E-state index >= 15 is 0 Å². The maximum absolute atomic E-state index is 13.4. The third-order valence-electron chi connectivity index (χ3n) is 5.48. The molecule has 0 spiro atoms. The summed E-state index contributed by atoms with van der Waals surface area (Å²) in [7, 11) is 1.83. The number of carbonyl (C=O) groups is 1. The summed E-state index contributed by atoms with van der Waals surface area (Å²) in [6.45, 7) is 3.84. The summed E-state index contributed by atoms with van der Waals surface area (Å²) in [5.74, 6) is 2.09. The van der Waals surface area contributed by atoms with Gasteiger partial charge in [0.05, 0.1) is 18.8 Å². The second-order valence-electron chi connectivity index (χ2n) is 7.61. The van der Waals surface area contributed by atoms with Crippen molar-refractivity contribution in [2.45, 2.75) is 6.42 Å². The first-order chi connectivity index (χ1) is 15.2. The van der Waals surface area contributed by atoms with Gasteiger partial charge in [-0.2, -0.15) is 5.10 Å². The Bertz CT molecular complexity index is 1080. The quantitative estimate of drug-likeness (QED) is 0.641. The van der Waals surface area contributed by atoms with Crippen molar-refractivity contribution >= 4 is 11.9 Å². The van der Waals surface area contributed by atoms with Gasteiger partial charge in [-0.05, 0) is 24.3 Å². The second-order valence-corrected chi connectivity index (χ2v) is 7.61. The van der Waals surface area contributed by atoms with Crippen LogP contribution in [0.3, 0.4) is 0 Å². The van der Waals surface area contributed by atoms with Gasteiger partial charge in [0.25, 0.3) is 5.91 Å². The van der Waals surface area contributed by atoms with Gasteiger partial charge in [0.15, 0.2) is 11.5 Å². The highest BCUT2D eigenvalue weighted by atomic mass is 16.5. The lowest BCUT2D eigenvalue weighted by atomic mass is 10.1. The molecule has 0 radical (unpaired) electrons. The van der Waals surface area contributed by atoms with E-state index in [9.17, 15) is 4.79 Å².